The molecule has 1 atom stereocenters. The van der Waals surface area contributed by atoms with E-state index >= 15 is 0 Å². The maximum Gasteiger partial charge on any atom is 0.312 e. The van der Waals surface area contributed by atoms with E-state index < -0.39 is 17.7 Å². The van der Waals surface area contributed by atoms with Crippen molar-refractivity contribution in [2.45, 2.75) is 19.3 Å². The van der Waals surface area contributed by atoms with Gasteiger partial charge in [-0.05, 0) is 31.2 Å². The largest absolute Gasteiger partial charge is 0.460 e. The molecule has 0 fully saturated rings. The number of pyridine rings is 1. The van der Waals surface area contributed by atoms with Gasteiger partial charge >= 0.3 is 5.97 Å². The fourth-order valence-electron chi connectivity index (χ4n) is 3.24. The molecular weight excluding hydrogens is 337 g/mol. The molecule has 3 aromatic rings. The maximum absolute atomic E-state index is 14.0. The molecule has 0 saturated heterocycles. The second-order valence-corrected chi connectivity index (χ2v) is 6.34. The topological polar surface area (TPSA) is 61.4 Å². The summed E-state index contributed by atoms with van der Waals surface area (Å²) < 4.78 is 26.6. The molecule has 1 aliphatic rings. The van der Waals surface area contributed by atoms with Crippen molar-refractivity contribution < 1.29 is 18.3 Å². The number of aryl methyl sites for hydroxylation is 1. The number of aromatic nitrogens is 1. The molecule has 0 N–H and O–H groups in total. The lowest BCUT2D eigenvalue weighted by Gasteiger charge is -2.23. The van der Waals surface area contributed by atoms with Crippen molar-refractivity contribution in [2.24, 2.45) is 7.05 Å². The van der Waals surface area contributed by atoms with Gasteiger partial charge in [0.1, 0.15) is 23.1 Å². The van der Waals surface area contributed by atoms with Crippen molar-refractivity contribution in [3.05, 3.63) is 75.7 Å². The van der Waals surface area contributed by atoms with Crippen molar-refractivity contribution in [3.8, 4) is 17.1 Å². The Morgan fingerprint density at radius 3 is 2.69 bits per heavy atom. The lowest BCUT2D eigenvalue weighted by Crippen LogP contribution is -2.31. The number of hydrogen-bond donors (Lipinski definition) is 0. The van der Waals surface area contributed by atoms with E-state index in [4.69, 9.17) is 9.15 Å². The van der Waals surface area contributed by atoms with E-state index in [-0.39, 0.29) is 17.7 Å². The summed E-state index contributed by atoms with van der Waals surface area (Å²) in [6, 6.07) is 11.3. The highest BCUT2D eigenvalue weighted by Gasteiger charge is 2.34. The first-order valence-corrected chi connectivity index (χ1v) is 8.21. The zero-order valence-electron chi connectivity index (χ0n) is 14.3. The molecule has 6 heteroatoms. The van der Waals surface area contributed by atoms with E-state index in [0.717, 1.165) is 0 Å². The van der Waals surface area contributed by atoms with Crippen LogP contribution in [0.15, 0.2) is 51.7 Å². The van der Waals surface area contributed by atoms with Crippen LogP contribution in [0.4, 0.5) is 4.39 Å². The second-order valence-electron chi connectivity index (χ2n) is 6.34. The van der Waals surface area contributed by atoms with E-state index in [1.165, 1.54) is 10.6 Å². The molecule has 5 nitrogen and oxygen atoms in total. The number of fused-ring (bicyclic) bond motifs is 1. The fraction of sp³-hybridized carbons (Fsp3) is 0.200. The molecular formula is C20H16FNO4. The van der Waals surface area contributed by atoms with Crippen LogP contribution in [0.3, 0.4) is 0 Å². The highest BCUT2D eigenvalue weighted by Crippen LogP contribution is 2.39. The van der Waals surface area contributed by atoms with Crippen molar-refractivity contribution in [1.82, 2.24) is 4.57 Å². The highest BCUT2D eigenvalue weighted by molar-refractivity contribution is 5.77. The van der Waals surface area contributed by atoms with Crippen LogP contribution in [-0.4, -0.2) is 10.5 Å². The summed E-state index contributed by atoms with van der Waals surface area (Å²) in [5.41, 5.74) is 1.16. The normalized spacial score (nSPS) is 16.3. The molecule has 0 radical (unpaired) electrons. The lowest BCUT2D eigenvalue weighted by atomic mass is 9.91. The lowest BCUT2D eigenvalue weighted by molar-refractivity contribution is -0.135. The Morgan fingerprint density at radius 1 is 1.15 bits per heavy atom. The van der Waals surface area contributed by atoms with Crippen LogP contribution in [0.5, 0.6) is 5.75 Å². The van der Waals surface area contributed by atoms with Crippen molar-refractivity contribution >= 4 is 5.97 Å². The number of carbonyl (C=O) groups excluding carboxylic acids is 1. The molecule has 3 heterocycles. The number of ether oxygens (including phenoxy) is 1. The van der Waals surface area contributed by atoms with Crippen LogP contribution in [-0.2, 0) is 11.8 Å². The third kappa shape index (κ3) is 2.54. The smallest absolute Gasteiger partial charge is 0.312 e. The molecule has 1 aromatic carbocycles. The molecule has 0 aliphatic carbocycles. The predicted molar refractivity (Wildman–Crippen MR) is 92.6 cm³/mol. The molecule has 4 rings (SSSR count). The van der Waals surface area contributed by atoms with Gasteiger partial charge in [-0.15, -0.1) is 0 Å². The number of halogens is 1. The molecule has 2 aromatic heterocycles. The molecule has 0 spiro atoms. The quantitative estimate of drug-likeness (QED) is 0.661. The zero-order chi connectivity index (χ0) is 18.4. The number of hydrogen-bond acceptors (Lipinski definition) is 4. The van der Waals surface area contributed by atoms with Gasteiger partial charge in [-0.2, -0.15) is 0 Å². The van der Waals surface area contributed by atoms with Crippen molar-refractivity contribution in [1.29, 1.82) is 0 Å². The van der Waals surface area contributed by atoms with Crippen LogP contribution >= 0.6 is 0 Å². The molecule has 0 amide bonds. The van der Waals surface area contributed by atoms with E-state index in [2.05, 4.69) is 0 Å². The number of furan rings is 1. The summed E-state index contributed by atoms with van der Waals surface area (Å²) in [5, 5.41) is 0. The average Bonchev–Trinajstić information content (AvgIpc) is 3.09. The van der Waals surface area contributed by atoms with E-state index in [1.54, 1.807) is 50.4 Å². The van der Waals surface area contributed by atoms with Crippen molar-refractivity contribution in [2.75, 3.05) is 0 Å². The van der Waals surface area contributed by atoms with Gasteiger partial charge in [-0.3, -0.25) is 9.59 Å². The monoisotopic (exact) mass is 353 g/mol. The van der Waals surface area contributed by atoms with Crippen LogP contribution in [0.1, 0.15) is 29.4 Å². The van der Waals surface area contributed by atoms with Gasteiger partial charge < -0.3 is 13.7 Å². The average molecular weight is 353 g/mol. The zero-order valence-corrected chi connectivity index (χ0v) is 14.3. The Kier molecular flexibility index (Phi) is 3.76. The molecule has 132 valence electrons. The first-order chi connectivity index (χ1) is 12.5. The number of rotatable bonds is 2. The van der Waals surface area contributed by atoms with Crippen LogP contribution in [0, 0.1) is 12.7 Å². The third-order valence-electron chi connectivity index (χ3n) is 4.72. The molecule has 1 unspecified atom stereocenters. The van der Waals surface area contributed by atoms with Gasteiger partial charge in [0.15, 0.2) is 0 Å². The minimum absolute atomic E-state index is 0.00444. The Hall–Kier alpha value is -3.15. The van der Waals surface area contributed by atoms with Gasteiger partial charge in [0, 0.05) is 18.8 Å². The van der Waals surface area contributed by atoms with Crippen LogP contribution < -0.4 is 10.3 Å². The van der Waals surface area contributed by atoms with Gasteiger partial charge in [0.2, 0.25) is 0 Å². The number of benzene rings is 1. The second kappa shape index (κ2) is 5.98. The first-order valence-electron chi connectivity index (χ1n) is 8.21. The predicted octanol–water partition coefficient (Wildman–Crippen LogP) is 3.53. The highest BCUT2D eigenvalue weighted by atomic mass is 19.1. The summed E-state index contributed by atoms with van der Waals surface area (Å²) in [6.45, 7) is 1.77. The first kappa shape index (κ1) is 16.3. The summed E-state index contributed by atoms with van der Waals surface area (Å²) in [5.74, 6) is -0.353. The van der Waals surface area contributed by atoms with Crippen LogP contribution in [0.2, 0.25) is 0 Å². The number of esters is 1. The van der Waals surface area contributed by atoms with Gasteiger partial charge in [-0.1, -0.05) is 12.1 Å². The SMILES string of the molecule is Cc1cc2c(c(=O)n1C)C(c1ccc(-c3ccccc3F)o1)CC(=O)O2. The minimum atomic E-state index is -0.564. The Bertz CT molecular complexity index is 1080. The Labute approximate surface area is 148 Å². The Morgan fingerprint density at radius 2 is 1.92 bits per heavy atom. The van der Waals surface area contributed by atoms with Crippen LogP contribution in [0.25, 0.3) is 11.3 Å². The number of carbonyl (C=O) groups is 1. The van der Waals surface area contributed by atoms with E-state index in [0.29, 0.717) is 28.3 Å². The fourth-order valence-corrected chi connectivity index (χ4v) is 3.24. The van der Waals surface area contributed by atoms with Crippen molar-refractivity contribution in [3.63, 3.8) is 0 Å². The third-order valence-corrected chi connectivity index (χ3v) is 4.72. The molecule has 1 aliphatic heterocycles. The molecule has 0 saturated carbocycles. The minimum Gasteiger partial charge on any atom is -0.460 e. The van der Waals surface area contributed by atoms with Gasteiger partial charge in [0.25, 0.3) is 5.56 Å². The summed E-state index contributed by atoms with van der Waals surface area (Å²) in [6.07, 6.45) is -0.00444. The molecule has 26 heavy (non-hydrogen) atoms. The van der Waals surface area contributed by atoms with E-state index in [9.17, 15) is 14.0 Å². The molecule has 0 bridgehead atoms. The van der Waals surface area contributed by atoms with Gasteiger partial charge in [0.05, 0.1) is 23.5 Å². The standard InChI is InChI=1S/C20H16FNO4/c1-11-9-17-19(20(24)22(11)2)13(10-18(23)26-17)16-8-7-15(25-16)12-5-3-4-6-14(12)21/h3-9,13H,10H2,1-2H3. The number of nitrogens with zero attached hydrogens (tertiary/aromatic N) is 1. The maximum atomic E-state index is 14.0. The van der Waals surface area contributed by atoms with E-state index in [1.807, 2.05) is 0 Å². The summed E-state index contributed by atoms with van der Waals surface area (Å²) in [4.78, 5) is 24.7. The Balaban J connectivity index is 1.84. The summed E-state index contributed by atoms with van der Waals surface area (Å²) >= 11 is 0. The van der Waals surface area contributed by atoms with Gasteiger partial charge in [-0.25, -0.2) is 4.39 Å². The summed E-state index contributed by atoms with van der Waals surface area (Å²) in [7, 11) is 1.67.